The van der Waals surface area contributed by atoms with Crippen molar-refractivity contribution in [3.63, 3.8) is 0 Å². The standard InChI is InChI=1S/C26H27Cl2N5O2S/c1-32-13-11-17(12-14-32)36-26-31-30-25-21(8-10-23(34)35-2)29-24(18-5-3-4-6-20(18)28)19-15-16(27)7-9-22(19)33(25)26/h3-7,9,15,17,21H,8,10-14H2,1-2H3/t21-/m0/s1. The quantitative estimate of drug-likeness (QED) is 0.376. The Labute approximate surface area is 224 Å². The highest BCUT2D eigenvalue weighted by atomic mass is 35.5. The van der Waals surface area contributed by atoms with E-state index in [0.717, 1.165) is 47.9 Å². The molecule has 7 nitrogen and oxygen atoms in total. The van der Waals surface area contributed by atoms with E-state index in [1.807, 2.05) is 42.5 Å². The molecule has 0 spiro atoms. The average Bonchev–Trinajstić information content (AvgIpc) is 3.23. The van der Waals surface area contributed by atoms with E-state index < -0.39 is 6.04 Å². The number of halogens is 2. The number of aromatic nitrogens is 3. The minimum atomic E-state index is -0.416. The molecule has 0 radical (unpaired) electrons. The summed E-state index contributed by atoms with van der Waals surface area (Å²) in [5.41, 5.74) is 3.26. The molecule has 0 bridgehead atoms. The zero-order valence-corrected chi connectivity index (χ0v) is 22.5. The Bertz CT molecular complexity index is 1300. The number of ether oxygens (including phenoxy) is 1. The van der Waals surface area contributed by atoms with Crippen LogP contribution in [0.15, 0.2) is 52.6 Å². The Kier molecular flexibility index (Phi) is 7.67. The number of piperidine rings is 1. The van der Waals surface area contributed by atoms with E-state index in [0.29, 0.717) is 33.3 Å². The largest absolute Gasteiger partial charge is 0.469 e. The minimum Gasteiger partial charge on any atom is -0.469 e. The van der Waals surface area contributed by atoms with Crippen LogP contribution in [-0.2, 0) is 9.53 Å². The molecule has 0 aliphatic carbocycles. The smallest absolute Gasteiger partial charge is 0.305 e. The third-order valence-corrected chi connectivity index (χ3v) is 8.46. The number of esters is 1. The Morgan fingerprint density at radius 1 is 1.11 bits per heavy atom. The fourth-order valence-electron chi connectivity index (χ4n) is 4.65. The van der Waals surface area contributed by atoms with Crippen molar-refractivity contribution in [2.75, 3.05) is 27.2 Å². The van der Waals surface area contributed by atoms with Crippen LogP contribution in [0, 0.1) is 0 Å². The van der Waals surface area contributed by atoms with Crippen LogP contribution in [0.25, 0.3) is 5.69 Å². The number of carbonyl (C=O) groups excluding carboxylic acids is 1. The molecule has 2 aliphatic heterocycles. The second kappa shape index (κ2) is 10.9. The first-order chi connectivity index (χ1) is 17.4. The normalized spacial score (nSPS) is 18.2. The maximum atomic E-state index is 12.1. The molecule has 1 saturated heterocycles. The summed E-state index contributed by atoms with van der Waals surface area (Å²) in [6, 6.07) is 13.0. The van der Waals surface area contributed by atoms with Crippen LogP contribution >= 0.6 is 35.0 Å². The fraction of sp³-hybridized carbons (Fsp3) is 0.385. The van der Waals surface area contributed by atoms with Crippen molar-refractivity contribution in [3.8, 4) is 5.69 Å². The van der Waals surface area contributed by atoms with Gasteiger partial charge in [-0.1, -0.05) is 53.2 Å². The topological polar surface area (TPSA) is 72.6 Å². The summed E-state index contributed by atoms with van der Waals surface area (Å²) in [5, 5.41) is 11.7. The van der Waals surface area contributed by atoms with Gasteiger partial charge in [0, 0.05) is 32.8 Å². The van der Waals surface area contributed by atoms with Gasteiger partial charge in [-0.3, -0.25) is 14.4 Å². The number of hydrogen-bond donors (Lipinski definition) is 0. The van der Waals surface area contributed by atoms with Gasteiger partial charge in [-0.2, -0.15) is 0 Å². The zero-order chi connectivity index (χ0) is 25.2. The van der Waals surface area contributed by atoms with Gasteiger partial charge >= 0.3 is 5.97 Å². The molecule has 2 aliphatic rings. The van der Waals surface area contributed by atoms with E-state index in [4.69, 9.17) is 32.9 Å². The van der Waals surface area contributed by atoms with Crippen molar-refractivity contribution < 1.29 is 9.53 Å². The molecule has 3 aromatic rings. The van der Waals surface area contributed by atoms with E-state index >= 15 is 0 Å². The highest BCUT2D eigenvalue weighted by Gasteiger charge is 2.31. The molecule has 3 heterocycles. The van der Waals surface area contributed by atoms with Gasteiger partial charge < -0.3 is 9.64 Å². The van der Waals surface area contributed by atoms with Gasteiger partial charge in [0.2, 0.25) is 0 Å². The molecule has 36 heavy (non-hydrogen) atoms. The number of thioether (sulfide) groups is 1. The lowest BCUT2D eigenvalue weighted by Crippen LogP contribution is -2.31. The molecule has 0 unspecified atom stereocenters. The molecule has 0 N–H and O–H groups in total. The fourth-order valence-corrected chi connectivity index (χ4v) is 6.17. The number of methoxy groups -OCH3 is 1. The number of carbonyl (C=O) groups is 1. The second-order valence-corrected chi connectivity index (χ2v) is 11.2. The summed E-state index contributed by atoms with van der Waals surface area (Å²) < 4.78 is 6.99. The predicted molar refractivity (Wildman–Crippen MR) is 144 cm³/mol. The monoisotopic (exact) mass is 543 g/mol. The highest BCUT2D eigenvalue weighted by Crippen LogP contribution is 2.39. The summed E-state index contributed by atoms with van der Waals surface area (Å²) in [5.74, 6) is 0.404. The molecule has 10 heteroatoms. The number of aliphatic imine (C=N–C) groups is 1. The van der Waals surface area contributed by atoms with Gasteiger partial charge in [0.1, 0.15) is 6.04 Å². The van der Waals surface area contributed by atoms with Gasteiger partial charge in [-0.25, -0.2) is 0 Å². The highest BCUT2D eigenvalue weighted by molar-refractivity contribution is 7.99. The number of benzene rings is 2. The van der Waals surface area contributed by atoms with Gasteiger partial charge in [0.25, 0.3) is 0 Å². The Morgan fingerprint density at radius 3 is 2.64 bits per heavy atom. The average molecular weight is 545 g/mol. The van der Waals surface area contributed by atoms with Crippen LogP contribution in [0.1, 0.15) is 48.7 Å². The number of hydrogen-bond acceptors (Lipinski definition) is 7. The molecule has 1 fully saturated rings. The molecule has 1 atom stereocenters. The third-order valence-electron chi connectivity index (χ3n) is 6.61. The van der Waals surface area contributed by atoms with Crippen LogP contribution in [0.2, 0.25) is 10.0 Å². The summed E-state index contributed by atoms with van der Waals surface area (Å²) in [4.78, 5) is 19.5. The van der Waals surface area contributed by atoms with E-state index in [2.05, 4.69) is 26.7 Å². The predicted octanol–water partition coefficient (Wildman–Crippen LogP) is 5.61. The van der Waals surface area contributed by atoms with Crippen molar-refractivity contribution in [1.29, 1.82) is 0 Å². The lowest BCUT2D eigenvalue weighted by molar-refractivity contribution is -0.140. The first kappa shape index (κ1) is 25.3. The molecule has 0 saturated carbocycles. The van der Waals surface area contributed by atoms with Crippen LogP contribution in [0.4, 0.5) is 0 Å². The summed E-state index contributed by atoms with van der Waals surface area (Å²) >= 11 is 14.9. The van der Waals surface area contributed by atoms with E-state index in [1.165, 1.54) is 7.11 Å². The number of nitrogens with zero attached hydrogens (tertiary/aromatic N) is 5. The van der Waals surface area contributed by atoms with Crippen LogP contribution in [0.5, 0.6) is 0 Å². The molecule has 188 valence electrons. The summed E-state index contributed by atoms with van der Waals surface area (Å²) in [7, 11) is 3.55. The molecule has 2 aromatic carbocycles. The molecular weight excluding hydrogens is 517 g/mol. The van der Waals surface area contributed by atoms with Crippen LogP contribution in [0.3, 0.4) is 0 Å². The van der Waals surface area contributed by atoms with E-state index in [9.17, 15) is 4.79 Å². The zero-order valence-electron chi connectivity index (χ0n) is 20.2. The molecule has 0 amide bonds. The number of rotatable bonds is 6. The third kappa shape index (κ3) is 5.18. The van der Waals surface area contributed by atoms with Crippen molar-refractivity contribution in [2.24, 2.45) is 4.99 Å². The number of fused-ring (bicyclic) bond motifs is 3. The molecular formula is C26H27Cl2N5O2S. The van der Waals surface area contributed by atoms with Gasteiger partial charge in [0.05, 0.1) is 18.5 Å². The Hall–Kier alpha value is -2.39. The molecule has 1 aromatic heterocycles. The van der Waals surface area contributed by atoms with Gasteiger partial charge in [0.15, 0.2) is 11.0 Å². The van der Waals surface area contributed by atoms with Gasteiger partial charge in [-0.05, 0) is 63.7 Å². The number of likely N-dealkylation sites (tertiary alicyclic amines) is 1. The van der Waals surface area contributed by atoms with Gasteiger partial charge in [-0.15, -0.1) is 10.2 Å². The maximum Gasteiger partial charge on any atom is 0.305 e. The minimum absolute atomic E-state index is 0.210. The summed E-state index contributed by atoms with van der Waals surface area (Å²) in [6.07, 6.45) is 2.81. The van der Waals surface area contributed by atoms with Crippen molar-refractivity contribution in [2.45, 2.75) is 42.1 Å². The second-order valence-electron chi connectivity index (χ2n) is 9.05. The SMILES string of the molecule is COC(=O)CC[C@@H]1N=C(c2ccccc2Cl)c2cc(Cl)ccc2-n2c(SC3CCN(C)CC3)nnc21. The molecule has 5 rings (SSSR count). The van der Waals surface area contributed by atoms with Crippen LogP contribution in [-0.4, -0.2) is 63.8 Å². The van der Waals surface area contributed by atoms with E-state index in [1.54, 1.807) is 11.8 Å². The van der Waals surface area contributed by atoms with Crippen molar-refractivity contribution in [1.82, 2.24) is 19.7 Å². The van der Waals surface area contributed by atoms with Crippen molar-refractivity contribution in [3.05, 3.63) is 69.5 Å². The lowest BCUT2D eigenvalue weighted by Gasteiger charge is -2.28. The van der Waals surface area contributed by atoms with Crippen molar-refractivity contribution >= 4 is 46.6 Å². The first-order valence-corrected chi connectivity index (χ1v) is 13.6. The Balaban J connectivity index is 1.64. The van der Waals surface area contributed by atoms with E-state index in [-0.39, 0.29) is 12.4 Å². The maximum absolute atomic E-state index is 12.1. The van der Waals surface area contributed by atoms with Crippen LogP contribution < -0.4 is 0 Å². The Morgan fingerprint density at radius 2 is 1.89 bits per heavy atom. The summed E-state index contributed by atoms with van der Waals surface area (Å²) in [6.45, 7) is 2.12. The first-order valence-electron chi connectivity index (χ1n) is 11.9. The lowest BCUT2D eigenvalue weighted by atomic mass is 10.00.